The van der Waals surface area contributed by atoms with E-state index in [-0.39, 0.29) is 5.63 Å². The second kappa shape index (κ2) is 5.66. The third-order valence-electron chi connectivity index (χ3n) is 5.10. The molecule has 2 heterocycles. The fourth-order valence-corrected chi connectivity index (χ4v) is 3.53. The van der Waals surface area contributed by atoms with Crippen molar-refractivity contribution in [2.45, 2.75) is 34.2 Å². The van der Waals surface area contributed by atoms with Crippen molar-refractivity contribution in [1.29, 1.82) is 0 Å². The van der Waals surface area contributed by atoms with Crippen molar-refractivity contribution in [3.05, 3.63) is 68.6 Å². The van der Waals surface area contributed by atoms with Gasteiger partial charge in [0.2, 0.25) is 0 Å². The Bertz CT molecular complexity index is 1050. The molecule has 3 aromatic rings. The summed E-state index contributed by atoms with van der Waals surface area (Å²) < 4.78 is 11.6. The van der Waals surface area contributed by atoms with Gasteiger partial charge in [-0.05, 0) is 57.0 Å². The topological polar surface area (TPSA) is 42.7 Å². The summed E-state index contributed by atoms with van der Waals surface area (Å²) in [6, 6.07) is 10.3. The van der Waals surface area contributed by atoms with Crippen molar-refractivity contribution >= 4 is 16.7 Å². The SMILES string of the molecule is Cc1ccc(N2COc3ccc4c(C)c(C)c(=O)oc4c3C2)c(C)c1. The molecule has 0 radical (unpaired) electrons. The summed E-state index contributed by atoms with van der Waals surface area (Å²) in [4.78, 5) is 14.3. The summed E-state index contributed by atoms with van der Waals surface area (Å²) in [7, 11) is 0. The van der Waals surface area contributed by atoms with Crippen molar-refractivity contribution in [2.75, 3.05) is 11.6 Å². The average molecular weight is 335 g/mol. The maximum Gasteiger partial charge on any atom is 0.339 e. The molecule has 0 unspecified atom stereocenters. The molecule has 4 heteroatoms. The molecular weight excluding hydrogens is 314 g/mol. The minimum absolute atomic E-state index is 0.276. The van der Waals surface area contributed by atoms with Gasteiger partial charge in [0.15, 0.2) is 6.73 Å². The number of hydrogen-bond acceptors (Lipinski definition) is 4. The minimum atomic E-state index is -0.276. The first-order chi connectivity index (χ1) is 12.0. The number of nitrogens with zero attached hydrogens (tertiary/aromatic N) is 1. The van der Waals surface area contributed by atoms with Crippen LogP contribution in [-0.4, -0.2) is 6.73 Å². The number of fused-ring (bicyclic) bond motifs is 3. The zero-order valence-electron chi connectivity index (χ0n) is 15.0. The minimum Gasteiger partial charge on any atom is -0.473 e. The molecule has 2 aromatic carbocycles. The van der Waals surface area contributed by atoms with E-state index in [4.69, 9.17) is 9.15 Å². The molecule has 0 N–H and O–H groups in total. The fraction of sp³-hybridized carbons (Fsp3) is 0.286. The highest BCUT2D eigenvalue weighted by molar-refractivity contribution is 5.86. The predicted octanol–water partition coefficient (Wildman–Crippen LogP) is 4.38. The van der Waals surface area contributed by atoms with Crippen LogP contribution in [0.1, 0.15) is 27.8 Å². The van der Waals surface area contributed by atoms with E-state index < -0.39 is 0 Å². The van der Waals surface area contributed by atoms with Crippen molar-refractivity contribution in [1.82, 2.24) is 0 Å². The van der Waals surface area contributed by atoms with E-state index in [1.807, 2.05) is 19.1 Å². The highest BCUT2D eigenvalue weighted by Gasteiger charge is 2.23. The second-order valence-electron chi connectivity index (χ2n) is 6.82. The zero-order valence-corrected chi connectivity index (χ0v) is 15.0. The van der Waals surface area contributed by atoms with Crippen LogP contribution in [0.5, 0.6) is 5.75 Å². The van der Waals surface area contributed by atoms with Gasteiger partial charge < -0.3 is 14.1 Å². The van der Waals surface area contributed by atoms with Crippen molar-refractivity contribution < 1.29 is 9.15 Å². The van der Waals surface area contributed by atoms with E-state index in [0.717, 1.165) is 28.0 Å². The van der Waals surface area contributed by atoms with Crippen LogP contribution in [0.15, 0.2) is 39.5 Å². The third kappa shape index (κ3) is 2.49. The predicted molar refractivity (Wildman–Crippen MR) is 99.6 cm³/mol. The highest BCUT2D eigenvalue weighted by atomic mass is 16.5. The van der Waals surface area contributed by atoms with Gasteiger partial charge in [0, 0.05) is 16.6 Å². The molecule has 25 heavy (non-hydrogen) atoms. The summed E-state index contributed by atoms with van der Waals surface area (Å²) in [5, 5.41) is 0.974. The molecule has 4 nitrogen and oxygen atoms in total. The summed E-state index contributed by atoms with van der Waals surface area (Å²) in [5.74, 6) is 0.792. The maximum atomic E-state index is 12.2. The van der Waals surface area contributed by atoms with Gasteiger partial charge in [0.1, 0.15) is 11.3 Å². The Balaban J connectivity index is 1.86. The Labute approximate surface area is 146 Å². The molecule has 4 rings (SSSR count). The maximum absolute atomic E-state index is 12.2. The number of anilines is 1. The number of rotatable bonds is 1. The molecule has 1 aromatic heterocycles. The van der Waals surface area contributed by atoms with E-state index in [1.54, 1.807) is 6.92 Å². The number of benzene rings is 2. The molecule has 0 bridgehead atoms. The number of hydrogen-bond donors (Lipinski definition) is 0. The van der Waals surface area contributed by atoms with Crippen molar-refractivity contribution in [3.8, 4) is 5.75 Å². The molecule has 0 spiro atoms. The quantitative estimate of drug-likeness (QED) is 0.619. The van der Waals surface area contributed by atoms with Crippen LogP contribution in [0.3, 0.4) is 0 Å². The van der Waals surface area contributed by atoms with Gasteiger partial charge in [-0.3, -0.25) is 0 Å². The summed E-state index contributed by atoms with van der Waals surface area (Å²) >= 11 is 0. The molecule has 0 saturated heterocycles. The molecule has 0 fully saturated rings. The Kier molecular flexibility index (Phi) is 3.57. The van der Waals surface area contributed by atoms with Crippen LogP contribution in [0.4, 0.5) is 5.69 Å². The summed E-state index contributed by atoms with van der Waals surface area (Å²) in [5.41, 5.74) is 6.52. The van der Waals surface area contributed by atoms with Crippen LogP contribution in [-0.2, 0) is 6.54 Å². The first-order valence-corrected chi connectivity index (χ1v) is 8.46. The lowest BCUT2D eigenvalue weighted by Crippen LogP contribution is -2.32. The van der Waals surface area contributed by atoms with E-state index >= 15 is 0 Å². The highest BCUT2D eigenvalue weighted by Crippen LogP contribution is 2.35. The van der Waals surface area contributed by atoms with Gasteiger partial charge in [-0.25, -0.2) is 4.79 Å². The molecule has 1 aliphatic heterocycles. The third-order valence-corrected chi connectivity index (χ3v) is 5.10. The first kappa shape index (κ1) is 15.8. The molecule has 0 saturated carbocycles. The summed E-state index contributed by atoms with van der Waals surface area (Å²) in [6.45, 7) is 9.10. The lowest BCUT2D eigenvalue weighted by molar-refractivity contribution is 0.289. The fourth-order valence-electron chi connectivity index (χ4n) is 3.53. The molecule has 128 valence electrons. The lowest BCUT2D eigenvalue weighted by Gasteiger charge is -2.32. The van der Waals surface area contributed by atoms with Gasteiger partial charge in [-0.15, -0.1) is 0 Å². The average Bonchev–Trinajstić information content (AvgIpc) is 2.59. The van der Waals surface area contributed by atoms with Crippen LogP contribution in [0, 0.1) is 27.7 Å². The molecule has 0 atom stereocenters. The van der Waals surface area contributed by atoms with E-state index in [0.29, 0.717) is 24.4 Å². The number of aryl methyl sites for hydroxylation is 3. The van der Waals surface area contributed by atoms with Crippen molar-refractivity contribution in [2.24, 2.45) is 0 Å². The van der Waals surface area contributed by atoms with E-state index in [9.17, 15) is 4.79 Å². The normalized spacial score (nSPS) is 13.7. The van der Waals surface area contributed by atoms with E-state index in [1.165, 1.54) is 11.1 Å². The van der Waals surface area contributed by atoms with Gasteiger partial charge in [-0.1, -0.05) is 17.7 Å². The standard InChI is InChI=1S/C21H21NO3/c1-12-5-7-18(13(2)9-12)22-10-17-19(24-11-22)8-6-16-14(3)15(4)21(23)25-20(16)17/h5-9H,10-11H2,1-4H3. The van der Waals surface area contributed by atoms with Crippen LogP contribution >= 0.6 is 0 Å². The number of ether oxygens (including phenoxy) is 1. The van der Waals surface area contributed by atoms with Gasteiger partial charge in [0.05, 0.1) is 12.1 Å². The van der Waals surface area contributed by atoms with Crippen LogP contribution in [0.25, 0.3) is 11.0 Å². The molecule has 0 aliphatic carbocycles. The van der Waals surface area contributed by atoms with Gasteiger partial charge in [0.25, 0.3) is 0 Å². The Hall–Kier alpha value is -2.75. The summed E-state index contributed by atoms with van der Waals surface area (Å²) in [6.07, 6.45) is 0. The molecule has 1 aliphatic rings. The van der Waals surface area contributed by atoms with Crippen LogP contribution < -0.4 is 15.3 Å². The smallest absolute Gasteiger partial charge is 0.339 e. The monoisotopic (exact) mass is 335 g/mol. The van der Waals surface area contributed by atoms with Crippen LogP contribution in [0.2, 0.25) is 0 Å². The van der Waals surface area contributed by atoms with Crippen molar-refractivity contribution in [3.63, 3.8) is 0 Å². The second-order valence-corrected chi connectivity index (χ2v) is 6.82. The molecular formula is C21H21NO3. The Morgan fingerprint density at radius 3 is 2.56 bits per heavy atom. The van der Waals surface area contributed by atoms with Gasteiger partial charge in [-0.2, -0.15) is 0 Å². The van der Waals surface area contributed by atoms with Gasteiger partial charge >= 0.3 is 5.63 Å². The Morgan fingerprint density at radius 2 is 1.80 bits per heavy atom. The molecule has 0 amide bonds. The lowest BCUT2D eigenvalue weighted by atomic mass is 10.0. The zero-order chi connectivity index (χ0) is 17.7. The van der Waals surface area contributed by atoms with E-state index in [2.05, 4.69) is 36.9 Å². The Morgan fingerprint density at radius 1 is 1.00 bits per heavy atom. The largest absolute Gasteiger partial charge is 0.473 e. The first-order valence-electron chi connectivity index (χ1n) is 8.46.